The normalized spacial score (nSPS) is 11.7. The molecule has 0 saturated carbocycles. The highest BCUT2D eigenvalue weighted by molar-refractivity contribution is 5.99. The number of hydrogen-bond donors (Lipinski definition) is 2. The monoisotopic (exact) mass is 411 g/mol. The molecule has 31 heavy (non-hydrogen) atoms. The second-order valence-electron chi connectivity index (χ2n) is 7.21. The van der Waals surface area contributed by atoms with Gasteiger partial charge in [0.1, 0.15) is 0 Å². The van der Waals surface area contributed by atoms with Crippen molar-refractivity contribution < 1.29 is 9.72 Å². The number of fused-ring (bicyclic) bond motifs is 1. The van der Waals surface area contributed by atoms with Gasteiger partial charge in [0.05, 0.1) is 11.6 Å². The van der Waals surface area contributed by atoms with Crippen molar-refractivity contribution in [1.82, 2.24) is 4.98 Å². The van der Waals surface area contributed by atoms with Crippen LogP contribution in [0.25, 0.3) is 22.2 Å². The van der Waals surface area contributed by atoms with E-state index in [2.05, 4.69) is 16.9 Å². The zero-order chi connectivity index (χ0) is 21.8. The predicted octanol–water partition coefficient (Wildman–Crippen LogP) is 5.37. The van der Waals surface area contributed by atoms with E-state index in [-0.39, 0.29) is 17.4 Å². The van der Waals surface area contributed by atoms with Gasteiger partial charge in [0, 0.05) is 27.1 Å². The van der Waals surface area contributed by atoms with Gasteiger partial charge in [-0.15, -0.1) is 0 Å². The van der Waals surface area contributed by atoms with E-state index in [1.807, 2.05) is 72.8 Å². The molecule has 3 aromatic carbocycles. The number of hydrogen-bond acceptors (Lipinski definition) is 3. The molecule has 1 amide bonds. The van der Waals surface area contributed by atoms with Crippen LogP contribution in [0.5, 0.6) is 0 Å². The van der Waals surface area contributed by atoms with Crippen LogP contribution in [0.4, 0.5) is 5.69 Å². The molecular weight excluding hydrogens is 390 g/mol. The van der Waals surface area contributed by atoms with Gasteiger partial charge in [-0.05, 0) is 35.4 Å². The zero-order valence-electron chi connectivity index (χ0n) is 16.7. The number of nitrogens with zero attached hydrogens (tertiary/aromatic N) is 1. The van der Waals surface area contributed by atoms with Crippen LogP contribution in [0.15, 0.2) is 91.5 Å². The van der Waals surface area contributed by atoms with Crippen molar-refractivity contribution in [3.8, 4) is 11.3 Å². The third kappa shape index (κ3) is 4.23. The molecule has 4 aromatic rings. The Labute approximate surface area is 179 Å². The number of anilines is 1. The zero-order valence-corrected chi connectivity index (χ0v) is 16.7. The summed E-state index contributed by atoms with van der Waals surface area (Å²) in [5.41, 5.74) is 4.89. The summed E-state index contributed by atoms with van der Waals surface area (Å²) in [5, 5.41) is 15.3. The molecule has 4 rings (SSSR count). The van der Waals surface area contributed by atoms with Gasteiger partial charge in [-0.3, -0.25) is 14.9 Å². The Hall–Kier alpha value is -4.19. The lowest BCUT2D eigenvalue weighted by atomic mass is 9.87. The Morgan fingerprint density at radius 1 is 1.06 bits per heavy atom. The van der Waals surface area contributed by atoms with Gasteiger partial charge in [0.25, 0.3) is 0 Å². The number of carbonyl (C=O) groups excluding carboxylic acids is 1. The number of benzene rings is 3. The lowest BCUT2D eigenvalue weighted by Crippen LogP contribution is -2.14. The largest absolute Gasteiger partial charge is 0.354 e. The minimum Gasteiger partial charge on any atom is -0.354 e. The summed E-state index contributed by atoms with van der Waals surface area (Å²) in [5.74, 6) is -0.738. The molecule has 0 radical (unpaired) electrons. The van der Waals surface area contributed by atoms with E-state index in [1.54, 1.807) is 6.07 Å². The molecule has 0 aliphatic heterocycles. The van der Waals surface area contributed by atoms with Gasteiger partial charge in [-0.1, -0.05) is 67.2 Å². The van der Waals surface area contributed by atoms with Gasteiger partial charge in [0.2, 0.25) is 12.5 Å². The van der Waals surface area contributed by atoms with Crippen LogP contribution < -0.4 is 5.32 Å². The van der Waals surface area contributed by atoms with Crippen molar-refractivity contribution in [2.75, 3.05) is 11.9 Å². The molecule has 6 heteroatoms. The Bertz CT molecular complexity index is 1260. The van der Waals surface area contributed by atoms with Crippen molar-refractivity contribution in [2.45, 2.75) is 5.92 Å². The molecule has 1 atom stereocenters. The Kier molecular flexibility index (Phi) is 5.62. The van der Waals surface area contributed by atoms with Crippen molar-refractivity contribution in [2.24, 2.45) is 0 Å². The number of amides is 1. The van der Waals surface area contributed by atoms with Crippen molar-refractivity contribution in [3.63, 3.8) is 0 Å². The summed E-state index contributed by atoms with van der Waals surface area (Å²) < 4.78 is 0. The molecule has 154 valence electrons. The summed E-state index contributed by atoms with van der Waals surface area (Å²) >= 11 is 0. The van der Waals surface area contributed by atoms with Crippen LogP contribution in [0.3, 0.4) is 0 Å². The van der Waals surface area contributed by atoms with Crippen LogP contribution in [-0.4, -0.2) is 22.4 Å². The van der Waals surface area contributed by atoms with E-state index < -0.39 is 5.92 Å². The molecule has 2 N–H and O–H groups in total. The molecular formula is C25H21N3O3. The quantitative estimate of drug-likeness (QED) is 0.243. The first kappa shape index (κ1) is 20.1. The molecule has 0 aliphatic rings. The van der Waals surface area contributed by atoms with Gasteiger partial charge in [-0.25, -0.2) is 0 Å². The smallest absolute Gasteiger partial charge is 0.247 e. The third-order valence-corrected chi connectivity index (χ3v) is 5.23. The van der Waals surface area contributed by atoms with Crippen LogP contribution in [-0.2, 0) is 4.79 Å². The number of nitro groups is 1. The first-order valence-electron chi connectivity index (χ1n) is 9.88. The van der Waals surface area contributed by atoms with Gasteiger partial charge in [-0.2, -0.15) is 0 Å². The fraction of sp³-hybridized carbons (Fsp3) is 0.0800. The summed E-state index contributed by atoms with van der Waals surface area (Å²) in [6.07, 6.45) is 1.21. The van der Waals surface area contributed by atoms with Crippen LogP contribution >= 0.6 is 0 Å². The third-order valence-electron chi connectivity index (χ3n) is 5.23. The second-order valence-corrected chi connectivity index (χ2v) is 7.21. The molecule has 0 spiro atoms. The lowest BCUT2D eigenvalue weighted by Gasteiger charge is -2.16. The van der Waals surface area contributed by atoms with Crippen molar-refractivity contribution >= 4 is 22.5 Å². The fourth-order valence-corrected chi connectivity index (χ4v) is 3.90. The first-order chi connectivity index (χ1) is 15.1. The molecule has 0 fully saturated rings. The van der Waals surface area contributed by atoms with E-state index in [0.29, 0.717) is 5.69 Å². The maximum atomic E-state index is 11.7. The summed E-state index contributed by atoms with van der Waals surface area (Å²) in [7, 11) is 0. The van der Waals surface area contributed by atoms with Crippen molar-refractivity contribution in [1.29, 1.82) is 0 Å². The van der Waals surface area contributed by atoms with Gasteiger partial charge >= 0.3 is 0 Å². The molecule has 0 saturated heterocycles. The molecule has 1 aromatic heterocycles. The minimum absolute atomic E-state index is 0.230. The number of H-pyrrole nitrogens is 1. The van der Waals surface area contributed by atoms with E-state index >= 15 is 0 Å². The number of aromatic amines is 1. The van der Waals surface area contributed by atoms with Gasteiger partial charge in [0.15, 0.2) is 0 Å². The maximum Gasteiger partial charge on any atom is 0.247 e. The van der Waals surface area contributed by atoms with Crippen molar-refractivity contribution in [3.05, 3.63) is 113 Å². The summed E-state index contributed by atoms with van der Waals surface area (Å²) in [6.45, 7) is 3.25. The average molecular weight is 411 g/mol. The molecule has 0 bridgehead atoms. The van der Waals surface area contributed by atoms with Crippen LogP contribution in [0.1, 0.15) is 17.0 Å². The highest BCUT2D eigenvalue weighted by Crippen LogP contribution is 2.39. The molecule has 1 unspecified atom stereocenters. The second kappa shape index (κ2) is 8.67. The van der Waals surface area contributed by atoms with Crippen LogP contribution in [0.2, 0.25) is 0 Å². The SMILES string of the molecule is C=CC(=O)Nc1cccc(-c2[nH]c3ccccc3c2C(C[N+](=O)[O-])c2ccccc2)c1. The number of nitrogens with one attached hydrogen (secondary N) is 2. The Morgan fingerprint density at radius 3 is 2.55 bits per heavy atom. The Morgan fingerprint density at radius 2 is 1.81 bits per heavy atom. The molecule has 0 aliphatic carbocycles. The topological polar surface area (TPSA) is 88.0 Å². The lowest BCUT2D eigenvalue weighted by molar-refractivity contribution is -0.481. The number of para-hydroxylation sites is 1. The Balaban J connectivity index is 1.92. The number of aromatic nitrogens is 1. The number of carbonyl (C=O) groups is 1. The fourth-order valence-electron chi connectivity index (χ4n) is 3.90. The molecule has 6 nitrogen and oxygen atoms in total. The van der Waals surface area contributed by atoms with E-state index in [0.717, 1.165) is 33.3 Å². The highest BCUT2D eigenvalue weighted by Gasteiger charge is 2.27. The predicted molar refractivity (Wildman–Crippen MR) is 123 cm³/mol. The van der Waals surface area contributed by atoms with E-state index in [9.17, 15) is 14.9 Å². The first-order valence-corrected chi connectivity index (χ1v) is 9.88. The molecule has 1 heterocycles. The summed E-state index contributed by atoms with van der Waals surface area (Å²) in [6, 6.07) is 24.7. The maximum absolute atomic E-state index is 11.7. The summed E-state index contributed by atoms with van der Waals surface area (Å²) in [4.78, 5) is 26.5. The standard InChI is InChI=1S/C25H21N3O3/c1-2-23(29)26-19-12-8-11-18(15-19)25-24(20-13-6-7-14-22(20)27-25)21(16-28(30)31)17-9-4-3-5-10-17/h2-15,21,27H,1,16H2,(H,26,29). The minimum atomic E-state index is -0.436. The van der Waals surface area contributed by atoms with E-state index in [4.69, 9.17) is 0 Å². The van der Waals surface area contributed by atoms with Gasteiger partial charge < -0.3 is 10.3 Å². The number of rotatable bonds is 7. The van der Waals surface area contributed by atoms with E-state index in [1.165, 1.54) is 6.08 Å². The highest BCUT2D eigenvalue weighted by atomic mass is 16.6. The average Bonchev–Trinajstić information content (AvgIpc) is 3.17. The van der Waals surface area contributed by atoms with Crippen LogP contribution in [0, 0.1) is 10.1 Å².